The van der Waals surface area contributed by atoms with Crippen molar-refractivity contribution in [2.45, 2.75) is 32.1 Å². The predicted octanol–water partition coefficient (Wildman–Crippen LogP) is 2.64. The van der Waals surface area contributed by atoms with E-state index in [1.807, 2.05) is 31.2 Å². The van der Waals surface area contributed by atoms with Gasteiger partial charge in [0.15, 0.2) is 0 Å². The third-order valence-corrected chi connectivity index (χ3v) is 2.86. The number of hydrogen-bond acceptors (Lipinski definition) is 2. The molecule has 0 saturated heterocycles. The lowest BCUT2D eigenvalue weighted by molar-refractivity contribution is -0.143. The summed E-state index contributed by atoms with van der Waals surface area (Å²) in [5.74, 6) is -0.881. The third kappa shape index (κ3) is 2.40. The molecule has 0 amide bonds. The molecule has 0 aliphatic rings. The molecule has 0 radical (unpaired) electrons. The van der Waals surface area contributed by atoms with Crippen molar-refractivity contribution in [1.29, 1.82) is 5.26 Å². The van der Waals surface area contributed by atoms with Crippen LogP contribution in [0.3, 0.4) is 0 Å². The molecule has 1 aromatic rings. The normalized spacial score (nSPS) is 13.8. The topological polar surface area (TPSA) is 61.1 Å². The average molecular weight is 217 g/mol. The van der Waals surface area contributed by atoms with E-state index in [-0.39, 0.29) is 6.42 Å². The molecule has 1 atom stereocenters. The van der Waals surface area contributed by atoms with E-state index >= 15 is 0 Å². The lowest BCUT2D eigenvalue weighted by Gasteiger charge is -2.24. The van der Waals surface area contributed by atoms with Crippen LogP contribution in [0.25, 0.3) is 0 Å². The van der Waals surface area contributed by atoms with E-state index in [2.05, 4.69) is 0 Å². The van der Waals surface area contributed by atoms with E-state index in [1.54, 1.807) is 13.0 Å². The van der Waals surface area contributed by atoms with Gasteiger partial charge in [-0.2, -0.15) is 5.26 Å². The number of nitrogens with zero attached hydrogens (tertiary/aromatic N) is 1. The van der Waals surface area contributed by atoms with Crippen LogP contribution in [-0.2, 0) is 10.2 Å². The first-order valence-electron chi connectivity index (χ1n) is 5.18. The fourth-order valence-electron chi connectivity index (χ4n) is 1.67. The molecule has 1 aromatic carbocycles. The maximum Gasteiger partial charge on any atom is 0.313 e. The number of benzene rings is 1. The van der Waals surface area contributed by atoms with E-state index in [4.69, 9.17) is 5.26 Å². The molecular formula is C13H15NO2. The minimum absolute atomic E-state index is 0.247. The Balaban J connectivity index is 3.12. The predicted molar refractivity (Wildman–Crippen MR) is 61.0 cm³/mol. The molecule has 0 aromatic heterocycles. The highest BCUT2D eigenvalue weighted by molar-refractivity contribution is 5.80. The van der Waals surface area contributed by atoms with Crippen LogP contribution in [0.5, 0.6) is 0 Å². The SMILES string of the molecule is Cc1cccc(C(C)(CCC#N)C(=O)O)c1. The lowest BCUT2D eigenvalue weighted by atomic mass is 9.78. The molecule has 0 saturated carbocycles. The zero-order valence-corrected chi connectivity index (χ0v) is 9.53. The number of carboxylic acid groups (broad SMARTS) is 1. The van der Waals surface area contributed by atoms with Crippen LogP contribution in [0.4, 0.5) is 0 Å². The van der Waals surface area contributed by atoms with Crippen molar-refractivity contribution in [3.8, 4) is 6.07 Å². The number of aliphatic carboxylic acids is 1. The van der Waals surface area contributed by atoms with Crippen LogP contribution in [0, 0.1) is 18.3 Å². The van der Waals surface area contributed by atoms with Crippen LogP contribution >= 0.6 is 0 Å². The van der Waals surface area contributed by atoms with Gasteiger partial charge in [0, 0.05) is 6.42 Å². The van der Waals surface area contributed by atoms with Gasteiger partial charge in [0.05, 0.1) is 11.5 Å². The summed E-state index contributed by atoms with van der Waals surface area (Å²) in [6.07, 6.45) is 0.582. The molecule has 0 fully saturated rings. The molecule has 84 valence electrons. The monoisotopic (exact) mass is 217 g/mol. The van der Waals surface area contributed by atoms with Gasteiger partial charge in [0.1, 0.15) is 0 Å². The minimum atomic E-state index is -0.970. The van der Waals surface area contributed by atoms with Gasteiger partial charge in [-0.1, -0.05) is 29.8 Å². The van der Waals surface area contributed by atoms with Crippen molar-refractivity contribution < 1.29 is 9.90 Å². The van der Waals surface area contributed by atoms with Crippen LogP contribution < -0.4 is 0 Å². The maximum absolute atomic E-state index is 11.3. The van der Waals surface area contributed by atoms with Crippen molar-refractivity contribution >= 4 is 5.97 Å². The molecule has 0 heterocycles. The number of carboxylic acids is 1. The standard InChI is InChI=1S/C13H15NO2/c1-10-5-3-6-11(9-10)13(2,12(15)16)7-4-8-14/h3,5-6,9H,4,7H2,1-2H3,(H,15,16). The first-order valence-corrected chi connectivity index (χ1v) is 5.18. The maximum atomic E-state index is 11.3. The van der Waals surface area contributed by atoms with E-state index in [0.29, 0.717) is 6.42 Å². The van der Waals surface area contributed by atoms with Gasteiger partial charge in [-0.25, -0.2) is 0 Å². The summed E-state index contributed by atoms with van der Waals surface area (Å²) in [5.41, 5.74) is 0.819. The van der Waals surface area contributed by atoms with E-state index < -0.39 is 11.4 Å². The first-order chi connectivity index (χ1) is 7.50. The summed E-state index contributed by atoms with van der Waals surface area (Å²) >= 11 is 0. The van der Waals surface area contributed by atoms with Crippen molar-refractivity contribution in [2.75, 3.05) is 0 Å². The number of carbonyl (C=O) groups is 1. The molecule has 0 aliphatic carbocycles. The highest BCUT2D eigenvalue weighted by Crippen LogP contribution is 2.29. The first kappa shape index (κ1) is 12.3. The summed E-state index contributed by atoms with van der Waals surface area (Å²) in [6.45, 7) is 3.59. The molecule has 1 rings (SSSR count). The van der Waals surface area contributed by atoms with Gasteiger partial charge in [0.2, 0.25) is 0 Å². The Labute approximate surface area is 95.3 Å². The largest absolute Gasteiger partial charge is 0.481 e. The second-order valence-electron chi connectivity index (χ2n) is 4.16. The Morgan fingerprint density at radius 2 is 2.25 bits per heavy atom. The molecule has 1 N–H and O–H groups in total. The van der Waals surface area contributed by atoms with E-state index in [1.165, 1.54) is 0 Å². The zero-order valence-electron chi connectivity index (χ0n) is 9.53. The second kappa shape index (κ2) is 4.80. The van der Waals surface area contributed by atoms with Gasteiger partial charge in [-0.15, -0.1) is 0 Å². The number of rotatable bonds is 4. The van der Waals surface area contributed by atoms with E-state index in [0.717, 1.165) is 11.1 Å². The lowest BCUT2D eigenvalue weighted by Crippen LogP contribution is -2.32. The Morgan fingerprint density at radius 3 is 2.75 bits per heavy atom. The molecule has 3 heteroatoms. The van der Waals surface area contributed by atoms with Crippen molar-refractivity contribution in [3.63, 3.8) is 0 Å². The van der Waals surface area contributed by atoms with Crippen molar-refractivity contribution in [3.05, 3.63) is 35.4 Å². The summed E-state index contributed by atoms with van der Waals surface area (Å²) < 4.78 is 0. The Hall–Kier alpha value is -1.82. The fraction of sp³-hybridized carbons (Fsp3) is 0.385. The van der Waals surface area contributed by atoms with Gasteiger partial charge in [-0.3, -0.25) is 4.79 Å². The third-order valence-electron chi connectivity index (χ3n) is 2.86. The molecule has 0 bridgehead atoms. The Kier molecular flexibility index (Phi) is 3.68. The summed E-state index contributed by atoms with van der Waals surface area (Å²) in [5, 5.41) is 17.9. The molecule has 3 nitrogen and oxygen atoms in total. The molecule has 0 spiro atoms. The Morgan fingerprint density at radius 1 is 1.56 bits per heavy atom. The quantitative estimate of drug-likeness (QED) is 0.843. The smallest absolute Gasteiger partial charge is 0.313 e. The number of hydrogen-bond donors (Lipinski definition) is 1. The van der Waals surface area contributed by atoms with Crippen LogP contribution in [0.15, 0.2) is 24.3 Å². The molecule has 0 aliphatic heterocycles. The highest BCUT2D eigenvalue weighted by Gasteiger charge is 2.34. The van der Waals surface area contributed by atoms with Crippen LogP contribution in [-0.4, -0.2) is 11.1 Å². The second-order valence-corrected chi connectivity index (χ2v) is 4.16. The van der Waals surface area contributed by atoms with Crippen molar-refractivity contribution in [1.82, 2.24) is 0 Å². The number of aryl methyl sites for hydroxylation is 1. The molecular weight excluding hydrogens is 202 g/mol. The fourth-order valence-corrected chi connectivity index (χ4v) is 1.67. The Bertz CT molecular complexity index is 434. The molecule has 1 unspecified atom stereocenters. The average Bonchev–Trinajstić information content (AvgIpc) is 2.25. The van der Waals surface area contributed by atoms with Crippen molar-refractivity contribution in [2.24, 2.45) is 0 Å². The van der Waals surface area contributed by atoms with Crippen LogP contribution in [0.2, 0.25) is 0 Å². The zero-order chi connectivity index (χ0) is 12.2. The number of nitriles is 1. The highest BCUT2D eigenvalue weighted by atomic mass is 16.4. The summed E-state index contributed by atoms with van der Waals surface area (Å²) in [4.78, 5) is 11.3. The minimum Gasteiger partial charge on any atom is -0.481 e. The van der Waals surface area contributed by atoms with Gasteiger partial charge in [-0.05, 0) is 25.8 Å². The van der Waals surface area contributed by atoms with Crippen LogP contribution in [0.1, 0.15) is 30.9 Å². The summed E-state index contributed by atoms with van der Waals surface area (Å²) in [7, 11) is 0. The summed E-state index contributed by atoms with van der Waals surface area (Å²) in [6, 6.07) is 9.44. The van der Waals surface area contributed by atoms with Gasteiger partial charge in [0.25, 0.3) is 0 Å². The van der Waals surface area contributed by atoms with E-state index in [9.17, 15) is 9.90 Å². The van der Waals surface area contributed by atoms with Gasteiger partial charge < -0.3 is 5.11 Å². The van der Waals surface area contributed by atoms with Gasteiger partial charge >= 0.3 is 5.97 Å². The molecule has 16 heavy (non-hydrogen) atoms.